The summed E-state index contributed by atoms with van der Waals surface area (Å²) in [6.45, 7) is 0.573. The Morgan fingerprint density at radius 2 is 2.07 bits per heavy atom. The lowest BCUT2D eigenvalue weighted by Gasteiger charge is -1.99. The summed E-state index contributed by atoms with van der Waals surface area (Å²) in [4.78, 5) is 14.5. The van der Waals surface area contributed by atoms with E-state index in [0.29, 0.717) is 6.54 Å². The summed E-state index contributed by atoms with van der Waals surface area (Å²) in [6, 6.07) is 10.3. The topological polar surface area (TPSA) is 29.4 Å². The molecule has 0 aliphatic heterocycles. The van der Waals surface area contributed by atoms with Crippen LogP contribution in [0.1, 0.15) is 0 Å². The van der Waals surface area contributed by atoms with Crippen molar-refractivity contribution in [3.8, 4) is 0 Å². The predicted molar refractivity (Wildman–Crippen MR) is 62.6 cm³/mol. The molecular weight excluding hydrogens is 214 g/mol. The van der Waals surface area contributed by atoms with Crippen molar-refractivity contribution in [2.24, 2.45) is 4.99 Å². The van der Waals surface area contributed by atoms with Crippen LogP contribution in [0.5, 0.6) is 0 Å². The molecule has 0 amide bonds. The smallest absolute Gasteiger partial charge is 0.211 e. The Bertz CT molecular complexity index is 296. The molecule has 1 aromatic carbocycles. The van der Waals surface area contributed by atoms with Crippen LogP contribution in [0, 0.1) is 0 Å². The Hall–Kier alpha value is -0.700. The van der Waals surface area contributed by atoms with Gasteiger partial charge < -0.3 is 0 Å². The average molecular weight is 225 g/mol. The third-order valence-electron chi connectivity index (χ3n) is 1.46. The molecule has 4 heteroatoms. The summed E-state index contributed by atoms with van der Waals surface area (Å²) in [5.41, 5.74) is 0. The van der Waals surface area contributed by atoms with E-state index in [9.17, 15) is 4.79 Å². The molecule has 74 valence electrons. The second-order valence-corrected chi connectivity index (χ2v) is 4.98. The lowest BCUT2D eigenvalue weighted by Crippen LogP contribution is -1.84. The van der Waals surface area contributed by atoms with E-state index in [-0.39, 0.29) is 0 Å². The highest BCUT2D eigenvalue weighted by Gasteiger charge is 1.92. The maximum absolute atomic E-state index is 9.75. The van der Waals surface area contributed by atoms with E-state index in [1.165, 1.54) is 11.0 Å². The van der Waals surface area contributed by atoms with Crippen LogP contribution in [0.4, 0.5) is 0 Å². The van der Waals surface area contributed by atoms with E-state index in [2.05, 4.69) is 17.1 Å². The van der Waals surface area contributed by atoms with Gasteiger partial charge in [-0.25, -0.2) is 9.79 Å². The molecule has 0 radical (unpaired) electrons. The molecule has 1 rings (SSSR count). The van der Waals surface area contributed by atoms with Gasteiger partial charge in [0.25, 0.3) is 0 Å². The van der Waals surface area contributed by atoms with E-state index < -0.39 is 0 Å². The average Bonchev–Trinajstić information content (AvgIpc) is 2.25. The molecule has 0 fully saturated rings. The van der Waals surface area contributed by atoms with Crippen LogP contribution in [0.2, 0.25) is 0 Å². The van der Waals surface area contributed by atoms with E-state index in [1.807, 2.05) is 18.2 Å². The lowest BCUT2D eigenvalue weighted by molar-refractivity contribution is 0.563. The number of hydrogen-bond acceptors (Lipinski definition) is 4. The summed E-state index contributed by atoms with van der Waals surface area (Å²) in [7, 11) is 0. The molecule has 0 bridgehead atoms. The molecule has 0 N–H and O–H groups in total. The van der Waals surface area contributed by atoms with E-state index in [4.69, 9.17) is 0 Å². The molecular formula is C10H11NOS2. The molecule has 14 heavy (non-hydrogen) atoms. The fraction of sp³-hybridized carbons (Fsp3) is 0.300. The minimum absolute atomic E-state index is 0.573. The minimum atomic E-state index is 0.573. The standard InChI is InChI=1S/C10H11NOS2/c12-8-11-6-7-13-9-14-10-4-2-1-3-5-10/h1-5H,6-7,9H2. The maximum Gasteiger partial charge on any atom is 0.234 e. The zero-order chi connectivity index (χ0) is 10.1. The Kier molecular flexibility index (Phi) is 6.24. The third kappa shape index (κ3) is 5.12. The minimum Gasteiger partial charge on any atom is -0.211 e. The summed E-state index contributed by atoms with van der Waals surface area (Å²) in [6.07, 6.45) is 1.53. The third-order valence-corrected chi connectivity index (χ3v) is 3.68. The van der Waals surface area contributed by atoms with Crippen molar-refractivity contribution in [2.45, 2.75) is 4.90 Å². The number of hydrogen-bond donors (Lipinski definition) is 0. The SMILES string of the molecule is O=C=NCCSCSc1ccccc1. The van der Waals surface area contributed by atoms with E-state index in [0.717, 1.165) is 10.8 Å². The number of rotatable bonds is 6. The fourth-order valence-corrected chi connectivity index (χ4v) is 2.76. The van der Waals surface area contributed by atoms with Gasteiger partial charge in [-0.1, -0.05) is 18.2 Å². The largest absolute Gasteiger partial charge is 0.234 e. The second kappa shape index (κ2) is 7.68. The van der Waals surface area contributed by atoms with Gasteiger partial charge in [-0.2, -0.15) is 0 Å². The van der Waals surface area contributed by atoms with Crippen molar-refractivity contribution >= 4 is 29.6 Å². The number of benzene rings is 1. The van der Waals surface area contributed by atoms with Gasteiger partial charge in [-0.05, 0) is 12.1 Å². The van der Waals surface area contributed by atoms with Crippen LogP contribution in [0.15, 0.2) is 40.2 Å². The van der Waals surface area contributed by atoms with Crippen LogP contribution >= 0.6 is 23.5 Å². The highest BCUT2D eigenvalue weighted by atomic mass is 32.2. The van der Waals surface area contributed by atoms with Crippen molar-refractivity contribution in [2.75, 3.05) is 17.4 Å². The quantitative estimate of drug-likeness (QED) is 0.245. The van der Waals surface area contributed by atoms with Gasteiger partial charge in [-0.3, -0.25) is 0 Å². The van der Waals surface area contributed by atoms with Crippen molar-refractivity contribution in [1.82, 2.24) is 0 Å². The molecule has 0 unspecified atom stereocenters. The first-order chi connectivity index (χ1) is 6.93. The van der Waals surface area contributed by atoms with Crippen molar-refractivity contribution in [1.29, 1.82) is 0 Å². The Balaban J connectivity index is 2.07. The van der Waals surface area contributed by atoms with Gasteiger partial charge in [0.2, 0.25) is 6.08 Å². The molecule has 0 aliphatic carbocycles. The molecule has 0 saturated heterocycles. The number of thioether (sulfide) groups is 2. The van der Waals surface area contributed by atoms with Gasteiger partial charge in [0.1, 0.15) is 0 Å². The van der Waals surface area contributed by atoms with Crippen molar-refractivity contribution in [3.63, 3.8) is 0 Å². The fourth-order valence-electron chi connectivity index (χ4n) is 0.841. The van der Waals surface area contributed by atoms with Crippen molar-refractivity contribution < 1.29 is 4.79 Å². The molecule has 2 nitrogen and oxygen atoms in total. The molecule has 0 aromatic heterocycles. The molecule has 0 spiro atoms. The monoisotopic (exact) mass is 225 g/mol. The summed E-state index contributed by atoms with van der Waals surface area (Å²) >= 11 is 3.58. The van der Waals surface area contributed by atoms with Gasteiger partial charge in [0, 0.05) is 15.7 Å². The maximum atomic E-state index is 9.75. The van der Waals surface area contributed by atoms with Crippen molar-refractivity contribution in [3.05, 3.63) is 30.3 Å². The Labute approximate surface area is 92.2 Å². The van der Waals surface area contributed by atoms with Gasteiger partial charge in [0.05, 0.1) is 6.54 Å². The molecule has 0 saturated carbocycles. The second-order valence-electron chi connectivity index (χ2n) is 2.46. The summed E-state index contributed by atoms with van der Waals surface area (Å²) < 4.78 is 0. The number of carbonyl (C=O) groups excluding carboxylic acids is 1. The van der Waals surface area contributed by atoms with Crippen LogP contribution in [-0.4, -0.2) is 23.5 Å². The van der Waals surface area contributed by atoms with E-state index >= 15 is 0 Å². The predicted octanol–water partition coefficient (Wildman–Crippen LogP) is 2.81. The zero-order valence-corrected chi connectivity index (χ0v) is 9.31. The van der Waals surface area contributed by atoms with E-state index in [1.54, 1.807) is 23.5 Å². The normalized spacial score (nSPS) is 9.43. The first kappa shape index (κ1) is 11.4. The highest BCUT2D eigenvalue weighted by molar-refractivity contribution is 8.16. The Morgan fingerprint density at radius 3 is 2.79 bits per heavy atom. The molecule has 0 heterocycles. The van der Waals surface area contributed by atoms with Crippen LogP contribution in [0.25, 0.3) is 0 Å². The van der Waals surface area contributed by atoms with Crippen LogP contribution < -0.4 is 0 Å². The highest BCUT2D eigenvalue weighted by Crippen LogP contribution is 2.21. The van der Waals surface area contributed by atoms with Gasteiger partial charge in [-0.15, -0.1) is 23.5 Å². The lowest BCUT2D eigenvalue weighted by atomic mass is 10.4. The summed E-state index contributed by atoms with van der Waals surface area (Å²) in [5, 5.41) is 0.998. The molecule has 0 atom stereocenters. The number of nitrogens with zero attached hydrogens (tertiary/aromatic N) is 1. The summed E-state index contributed by atoms with van der Waals surface area (Å²) in [5.74, 6) is 0.884. The first-order valence-electron chi connectivity index (χ1n) is 4.22. The van der Waals surface area contributed by atoms with Crippen LogP contribution in [0.3, 0.4) is 0 Å². The number of aliphatic imine (C=N–C) groups is 1. The molecule has 1 aromatic rings. The zero-order valence-electron chi connectivity index (χ0n) is 7.68. The molecule has 0 aliphatic rings. The van der Waals surface area contributed by atoms with Gasteiger partial charge >= 0.3 is 0 Å². The number of isocyanates is 1. The Morgan fingerprint density at radius 1 is 1.29 bits per heavy atom. The van der Waals surface area contributed by atoms with Gasteiger partial charge in [0.15, 0.2) is 0 Å². The van der Waals surface area contributed by atoms with Crippen LogP contribution in [-0.2, 0) is 4.79 Å². The first-order valence-corrected chi connectivity index (χ1v) is 6.37.